The third-order valence-corrected chi connectivity index (χ3v) is 6.32. The first kappa shape index (κ1) is 19.4. The molecule has 0 fully saturated rings. The molecule has 0 saturated carbocycles. The molecule has 0 saturated heterocycles. The molecule has 1 aromatic carbocycles. The second-order valence-electron chi connectivity index (χ2n) is 5.41. The number of thioether (sulfide) groups is 1. The van der Waals surface area contributed by atoms with Crippen LogP contribution in [-0.2, 0) is 16.0 Å². The van der Waals surface area contributed by atoms with Gasteiger partial charge in [0.05, 0.1) is 17.4 Å². The van der Waals surface area contributed by atoms with Gasteiger partial charge in [-0.2, -0.15) is 0 Å². The average molecular weight is 424 g/mol. The van der Waals surface area contributed by atoms with E-state index in [1.165, 1.54) is 35.2 Å². The summed E-state index contributed by atoms with van der Waals surface area (Å²) in [4.78, 5) is 27.6. The Bertz CT molecular complexity index is 974. The van der Waals surface area contributed by atoms with E-state index < -0.39 is 5.91 Å². The molecule has 0 aliphatic rings. The fourth-order valence-corrected chi connectivity index (χ4v) is 4.66. The van der Waals surface area contributed by atoms with Gasteiger partial charge in [-0.15, -0.1) is 21.5 Å². The van der Waals surface area contributed by atoms with Crippen molar-refractivity contribution in [3.05, 3.63) is 41.2 Å². The van der Waals surface area contributed by atoms with Crippen molar-refractivity contribution < 1.29 is 14.0 Å². The fourth-order valence-electron chi connectivity index (χ4n) is 1.97. The number of benzene rings is 1. The normalized spacial score (nSPS) is 11.9. The lowest BCUT2D eigenvalue weighted by molar-refractivity contribution is -0.117. The zero-order valence-electron chi connectivity index (χ0n) is 14.0. The van der Waals surface area contributed by atoms with Crippen molar-refractivity contribution >= 4 is 51.4 Å². The minimum Gasteiger partial charge on any atom is -0.369 e. The van der Waals surface area contributed by atoms with Gasteiger partial charge in [-0.1, -0.05) is 35.2 Å². The summed E-state index contributed by atoms with van der Waals surface area (Å²) in [5.74, 6) is -1.07. The summed E-state index contributed by atoms with van der Waals surface area (Å²) in [6.07, 6.45) is 0.0664. The third kappa shape index (κ3) is 5.31. The number of rotatable bonds is 7. The lowest BCUT2D eigenvalue weighted by atomic mass is 10.2. The van der Waals surface area contributed by atoms with Crippen molar-refractivity contribution in [1.82, 2.24) is 15.2 Å². The molecule has 0 spiro atoms. The highest BCUT2D eigenvalue weighted by Gasteiger charge is 2.15. The van der Waals surface area contributed by atoms with Gasteiger partial charge in [0.2, 0.25) is 16.9 Å². The van der Waals surface area contributed by atoms with E-state index in [1.54, 1.807) is 24.4 Å². The Morgan fingerprint density at radius 3 is 2.93 bits per heavy atom. The predicted octanol–water partition coefficient (Wildman–Crippen LogP) is 2.95. The maximum atomic E-state index is 13.3. The van der Waals surface area contributed by atoms with Crippen molar-refractivity contribution in [2.24, 2.45) is 5.73 Å². The van der Waals surface area contributed by atoms with Crippen molar-refractivity contribution in [3.63, 3.8) is 0 Å². The van der Waals surface area contributed by atoms with Crippen LogP contribution in [0.1, 0.15) is 12.6 Å². The predicted molar refractivity (Wildman–Crippen MR) is 104 cm³/mol. The molecule has 27 heavy (non-hydrogen) atoms. The van der Waals surface area contributed by atoms with Crippen LogP contribution < -0.4 is 11.1 Å². The number of anilines is 1. The van der Waals surface area contributed by atoms with Gasteiger partial charge < -0.3 is 11.1 Å². The first-order chi connectivity index (χ1) is 12.9. The Balaban J connectivity index is 1.59. The van der Waals surface area contributed by atoms with Crippen molar-refractivity contribution in [2.75, 3.05) is 5.32 Å². The molecule has 1 unspecified atom stereocenters. The highest BCUT2D eigenvalue weighted by molar-refractivity contribution is 8.02. The van der Waals surface area contributed by atoms with Crippen LogP contribution >= 0.6 is 34.4 Å². The third-order valence-electron chi connectivity index (χ3n) is 3.29. The molecule has 1 atom stereocenters. The number of nitrogens with one attached hydrogen (secondary N) is 1. The van der Waals surface area contributed by atoms with E-state index in [1.807, 2.05) is 0 Å². The topological polar surface area (TPSA) is 111 Å². The quantitative estimate of drug-likeness (QED) is 0.565. The molecular formula is C16H14FN5O2S3. The average Bonchev–Trinajstić information content (AvgIpc) is 3.24. The first-order valence-electron chi connectivity index (χ1n) is 7.70. The van der Waals surface area contributed by atoms with E-state index >= 15 is 0 Å². The Kier molecular flexibility index (Phi) is 6.14. The zero-order chi connectivity index (χ0) is 19.4. The number of primary amides is 1. The van der Waals surface area contributed by atoms with Gasteiger partial charge >= 0.3 is 0 Å². The smallest absolute Gasteiger partial charge is 0.232 e. The van der Waals surface area contributed by atoms with Gasteiger partial charge in [0.25, 0.3) is 0 Å². The molecule has 0 aliphatic carbocycles. The Labute approximate surface area is 166 Å². The second-order valence-corrected chi connectivity index (χ2v) is 8.84. The van der Waals surface area contributed by atoms with E-state index in [-0.39, 0.29) is 23.4 Å². The Hall–Kier alpha value is -2.37. The molecule has 2 heterocycles. The number of carbonyl (C=O) groups is 2. The highest BCUT2D eigenvalue weighted by Crippen LogP contribution is 2.28. The van der Waals surface area contributed by atoms with Crippen LogP contribution in [0, 0.1) is 5.82 Å². The lowest BCUT2D eigenvalue weighted by Crippen LogP contribution is -2.22. The number of hydrogen-bond donors (Lipinski definition) is 2. The van der Waals surface area contributed by atoms with E-state index in [2.05, 4.69) is 20.5 Å². The second kappa shape index (κ2) is 8.55. The highest BCUT2D eigenvalue weighted by atomic mass is 32.2. The Morgan fingerprint density at radius 2 is 2.19 bits per heavy atom. The minimum absolute atomic E-state index is 0.0664. The molecule has 140 valence electrons. The van der Waals surface area contributed by atoms with E-state index in [9.17, 15) is 14.0 Å². The fraction of sp³-hybridized carbons (Fsp3) is 0.188. The molecule has 2 aromatic heterocycles. The van der Waals surface area contributed by atoms with Gasteiger partial charge in [0.1, 0.15) is 10.8 Å². The van der Waals surface area contributed by atoms with Crippen LogP contribution in [0.4, 0.5) is 9.52 Å². The standard InChI is InChI=1S/C16H14FN5O2S3/c1-8(13(18)24)26-16-19-11(7-25-16)6-12(23)20-15-22-21-14(27-15)9-3-2-4-10(17)5-9/h2-5,7-8H,6H2,1H3,(H2,18,24)(H,20,22,23). The number of hydrogen-bond acceptors (Lipinski definition) is 8. The molecule has 0 aliphatic heterocycles. The molecular weight excluding hydrogens is 409 g/mol. The number of aromatic nitrogens is 3. The number of halogens is 1. The molecule has 0 radical (unpaired) electrons. The van der Waals surface area contributed by atoms with Crippen molar-refractivity contribution in [3.8, 4) is 10.6 Å². The summed E-state index contributed by atoms with van der Waals surface area (Å²) in [5, 5.41) is 12.7. The van der Waals surface area contributed by atoms with Crippen LogP contribution in [0.5, 0.6) is 0 Å². The van der Waals surface area contributed by atoms with Crippen LogP contribution in [0.3, 0.4) is 0 Å². The summed E-state index contributed by atoms with van der Waals surface area (Å²) >= 11 is 3.76. The molecule has 3 N–H and O–H groups in total. The summed E-state index contributed by atoms with van der Waals surface area (Å²) in [5.41, 5.74) is 6.41. The van der Waals surface area contributed by atoms with Gasteiger partial charge in [0.15, 0.2) is 4.34 Å². The molecule has 3 aromatic rings. The van der Waals surface area contributed by atoms with Gasteiger partial charge in [-0.05, 0) is 19.1 Å². The van der Waals surface area contributed by atoms with Crippen LogP contribution in [0.2, 0.25) is 0 Å². The number of thiazole rings is 1. The van der Waals surface area contributed by atoms with Crippen molar-refractivity contribution in [1.29, 1.82) is 0 Å². The lowest BCUT2D eigenvalue weighted by Gasteiger charge is -2.02. The molecule has 3 rings (SSSR count). The Morgan fingerprint density at radius 1 is 1.37 bits per heavy atom. The molecule has 7 nitrogen and oxygen atoms in total. The van der Waals surface area contributed by atoms with E-state index in [0.29, 0.717) is 25.7 Å². The summed E-state index contributed by atoms with van der Waals surface area (Å²) in [6, 6.07) is 6.00. The largest absolute Gasteiger partial charge is 0.369 e. The first-order valence-corrected chi connectivity index (χ1v) is 10.3. The summed E-state index contributed by atoms with van der Waals surface area (Å²) < 4.78 is 14.0. The zero-order valence-corrected chi connectivity index (χ0v) is 16.5. The van der Waals surface area contributed by atoms with E-state index in [4.69, 9.17) is 5.73 Å². The van der Waals surface area contributed by atoms with E-state index in [0.717, 1.165) is 11.3 Å². The molecule has 11 heteroatoms. The van der Waals surface area contributed by atoms with Gasteiger partial charge in [-0.25, -0.2) is 9.37 Å². The van der Waals surface area contributed by atoms with Crippen LogP contribution in [-0.4, -0.2) is 32.2 Å². The number of amides is 2. The number of nitrogens with two attached hydrogens (primary N) is 1. The maximum Gasteiger partial charge on any atom is 0.232 e. The molecule has 2 amide bonds. The maximum absolute atomic E-state index is 13.3. The number of nitrogens with zero attached hydrogens (tertiary/aromatic N) is 3. The van der Waals surface area contributed by atoms with Crippen LogP contribution in [0.25, 0.3) is 10.6 Å². The minimum atomic E-state index is -0.417. The monoisotopic (exact) mass is 423 g/mol. The van der Waals surface area contributed by atoms with Gasteiger partial charge in [0, 0.05) is 10.9 Å². The SMILES string of the molecule is CC(Sc1nc(CC(=O)Nc2nnc(-c3cccc(F)c3)s2)cs1)C(N)=O. The molecule has 0 bridgehead atoms. The van der Waals surface area contributed by atoms with Gasteiger partial charge in [-0.3, -0.25) is 9.59 Å². The summed E-state index contributed by atoms with van der Waals surface area (Å²) in [6.45, 7) is 1.70. The van der Waals surface area contributed by atoms with Crippen molar-refractivity contribution in [2.45, 2.75) is 22.9 Å². The number of carbonyl (C=O) groups excluding carboxylic acids is 2. The van der Waals surface area contributed by atoms with Crippen LogP contribution in [0.15, 0.2) is 34.0 Å². The summed E-state index contributed by atoms with van der Waals surface area (Å²) in [7, 11) is 0.